The molecule has 3 rings (SSSR count). The van der Waals surface area contributed by atoms with Crippen LogP contribution in [0.2, 0.25) is 0 Å². The fourth-order valence-corrected chi connectivity index (χ4v) is 2.57. The van der Waals surface area contributed by atoms with Crippen molar-refractivity contribution in [1.29, 1.82) is 0 Å². The minimum Gasteiger partial charge on any atom is -0.341 e. The van der Waals surface area contributed by atoms with Crippen LogP contribution in [0, 0.1) is 0 Å². The molecule has 1 atom stereocenters. The van der Waals surface area contributed by atoms with Gasteiger partial charge in [0.2, 0.25) is 5.95 Å². The molecule has 1 fully saturated rings. The van der Waals surface area contributed by atoms with Crippen LogP contribution >= 0.6 is 0 Å². The fraction of sp³-hybridized carbons (Fsp3) is 0.533. The van der Waals surface area contributed by atoms with Gasteiger partial charge in [0.25, 0.3) is 0 Å². The van der Waals surface area contributed by atoms with Crippen molar-refractivity contribution in [2.75, 3.05) is 18.0 Å². The summed E-state index contributed by atoms with van der Waals surface area (Å²) >= 11 is 0. The molecule has 1 aliphatic heterocycles. The van der Waals surface area contributed by atoms with E-state index < -0.39 is 0 Å². The minimum atomic E-state index is 0.350. The minimum absolute atomic E-state index is 0.350. The van der Waals surface area contributed by atoms with Gasteiger partial charge >= 0.3 is 0 Å². The molecule has 2 aromatic rings. The number of aromatic nitrogens is 4. The molecular formula is C15H22N6. The van der Waals surface area contributed by atoms with Crippen LogP contribution in [0.5, 0.6) is 0 Å². The molecule has 1 saturated heterocycles. The molecule has 0 saturated carbocycles. The SMILES string of the molecule is C[C@H](Cn1cccn1)NCc1cnc(N2CCCC2)nc1. The molecular weight excluding hydrogens is 264 g/mol. The molecule has 112 valence electrons. The lowest BCUT2D eigenvalue weighted by atomic mass is 10.3. The van der Waals surface area contributed by atoms with Crippen molar-refractivity contribution in [3.05, 3.63) is 36.4 Å². The Morgan fingerprint density at radius 3 is 2.67 bits per heavy atom. The highest BCUT2D eigenvalue weighted by molar-refractivity contribution is 5.30. The molecule has 0 aromatic carbocycles. The van der Waals surface area contributed by atoms with E-state index in [0.717, 1.165) is 37.7 Å². The van der Waals surface area contributed by atoms with E-state index in [2.05, 4.69) is 32.2 Å². The van der Waals surface area contributed by atoms with E-state index in [1.807, 2.05) is 29.3 Å². The van der Waals surface area contributed by atoms with Crippen LogP contribution in [0.1, 0.15) is 25.3 Å². The molecule has 21 heavy (non-hydrogen) atoms. The Kier molecular flexibility index (Phi) is 4.45. The summed E-state index contributed by atoms with van der Waals surface area (Å²) in [5, 5.41) is 7.69. The van der Waals surface area contributed by atoms with Gasteiger partial charge in [-0.1, -0.05) is 0 Å². The smallest absolute Gasteiger partial charge is 0.225 e. The van der Waals surface area contributed by atoms with Gasteiger partial charge in [-0.15, -0.1) is 0 Å². The summed E-state index contributed by atoms with van der Waals surface area (Å²) in [5.74, 6) is 0.862. The maximum Gasteiger partial charge on any atom is 0.225 e. The van der Waals surface area contributed by atoms with Gasteiger partial charge in [-0.25, -0.2) is 9.97 Å². The Morgan fingerprint density at radius 2 is 2.00 bits per heavy atom. The second-order valence-corrected chi connectivity index (χ2v) is 5.60. The van der Waals surface area contributed by atoms with Gasteiger partial charge in [0, 0.05) is 56.0 Å². The lowest BCUT2D eigenvalue weighted by molar-refractivity contribution is 0.450. The van der Waals surface area contributed by atoms with Crippen molar-refractivity contribution >= 4 is 5.95 Å². The second-order valence-electron chi connectivity index (χ2n) is 5.60. The molecule has 0 unspecified atom stereocenters. The first kappa shape index (κ1) is 14.0. The van der Waals surface area contributed by atoms with Gasteiger partial charge in [-0.2, -0.15) is 5.10 Å². The van der Waals surface area contributed by atoms with Gasteiger partial charge in [0.05, 0.1) is 6.54 Å². The van der Waals surface area contributed by atoms with Gasteiger partial charge in [-0.05, 0) is 25.8 Å². The van der Waals surface area contributed by atoms with Crippen molar-refractivity contribution in [3.8, 4) is 0 Å². The summed E-state index contributed by atoms with van der Waals surface area (Å²) in [6.45, 7) is 5.96. The summed E-state index contributed by atoms with van der Waals surface area (Å²) in [7, 11) is 0. The van der Waals surface area contributed by atoms with Crippen molar-refractivity contribution < 1.29 is 0 Å². The average molecular weight is 286 g/mol. The standard InChI is InChI=1S/C15H22N6/c1-13(12-21-8-4-5-19-21)16-9-14-10-17-15(18-11-14)20-6-2-3-7-20/h4-5,8,10-11,13,16H,2-3,6-7,9,12H2,1H3/t13-/m1/s1. The van der Waals surface area contributed by atoms with Gasteiger partial charge in [-0.3, -0.25) is 4.68 Å². The van der Waals surface area contributed by atoms with E-state index in [1.165, 1.54) is 12.8 Å². The molecule has 0 aliphatic carbocycles. The monoisotopic (exact) mass is 286 g/mol. The Balaban J connectivity index is 1.48. The molecule has 0 spiro atoms. The Bertz CT molecular complexity index is 530. The maximum absolute atomic E-state index is 4.47. The van der Waals surface area contributed by atoms with Crippen molar-refractivity contribution in [1.82, 2.24) is 25.1 Å². The molecule has 3 heterocycles. The molecule has 0 amide bonds. The zero-order valence-electron chi connectivity index (χ0n) is 12.4. The molecule has 0 bridgehead atoms. The van der Waals surface area contributed by atoms with Crippen molar-refractivity contribution in [2.45, 2.75) is 38.9 Å². The third-order valence-electron chi connectivity index (χ3n) is 3.76. The van der Waals surface area contributed by atoms with Crippen LogP contribution in [0.3, 0.4) is 0 Å². The molecule has 2 aromatic heterocycles. The number of rotatable bonds is 6. The summed E-state index contributed by atoms with van der Waals surface area (Å²) in [6.07, 6.45) is 10.1. The maximum atomic E-state index is 4.47. The third kappa shape index (κ3) is 3.78. The van der Waals surface area contributed by atoms with E-state index in [1.54, 1.807) is 6.20 Å². The number of anilines is 1. The zero-order valence-corrected chi connectivity index (χ0v) is 12.4. The van der Waals surface area contributed by atoms with Crippen LogP contribution in [0.15, 0.2) is 30.9 Å². The molecule has 6 nitrogen and oxygen atoms in total. The summed E-state index contributed by atoms with van der Waals surface area (Å²) in [5.41, 5.74) is 1.12. The van der Waals surface area contributed by atoms with E-state index in [9.17, 15) is 0 Å². The van der Waals surface area contributed by atoms with E-state index in [-0.39, 0.29) is 0 Å². The van der Waals surface area contributed by atoms with E-state index in [0.29, 0.717) is 6.04 Å². The number of nitrogens with zero attached hydrogens (tertiary/aromatic N) is 5. The lowest BCUT2D eigenvalue weighted by Gasteiger charge is -2.16. The van der Waals surface area contributed by atoms with Crippen LogP contribution < -0.4 is 10.2 Å². The highest BCUT2D eigenvalue weighted by atomic mass is 15.3. The topological polar surface area (TPSA) is 58.9 Å². The van der Waals surface area contributed by atoms with Gasteiger partial charge < -0.3 is 10.2 Å². The van der Waals surface area contributed by atoms with Crippen molar-refractivity contribution in [2.24, 2.45) is 0 Å². The first-order chi connectivity index (χ1) is 10.3. The molecule has 1 N–H and O–H groups in total. The molecule has 6 heteroatoms. The van der Waals surface area contributed by atoms with Crippen LogP contribution in [-0.2, 0) is 13.1 Å². The summed E-state index contributed by atoms with van der Waals surface area (Å²) in [6, 6.07) is 2.29. The quantitative estimate of drug-likeness (QED) is 0.871. The third-order valence-corrected chi connectivity index (χ3v) is 3.76. The number of nitrogens with one attached hydrogen (secondary N) is 1. The number of hydrogen-bond acceptors (Lipinski definition) is 5. The van der Waals surface area contributed by atoms with Crippen LogP contribution in [0.4, 0.5) is 5.95 Å². The predicted molar refractivity (Wildman–Crippen MR) is 82.0 cm³/mol. The summed E-state index contributed by atoms with van der Waals surface area (Å²) in [4.78, 5) is 11.2. The summed E-state index contributed by atoms with van der Waals surface area (Å²) < 4.78 is 1.94. The van der Waals surface area contributed by atoms with Crippen molar-refractivity contribution in [3.63, 3.8) is 0 Å². The normalized spacial score (nSPS) is 16.3. The van der Waals surface area contributed by atoms with E-state index >= 15 is 0 Å². The average Bonchev–Trinajstić information content (AvgIpc) is 3.19. The highest BCUT2D eigenvalue weighted by Gasteiger charge is 2.14. The first-order valence-corrected chi connectivity index (χ1v) is 7.58. The second kappa shape index (κ2) is 6.67. The van der Waals surface area contributed by atoms with Gasteiger partial charge in [0.15, 0.2) is 0 Å². The van der Waals surface area contributed by atoms with Crippen LogP contribution in [-0.4, -0.2) is 38.9 Å². The first-order valence-electron chi connectivity index (χ1n) is 7.58. The number of hydrogen-bond donors (Lipinski definition) is 1. The highest BCUT2D eigenvalue weighted by Crippen LogP contribution is 2.14. The van der Waals surface area contributed by atoms with Crippen LogP contribution in [0.25, 0.3) is 0 Å². The molecule has 0 radical (unpaired) electrons. The fourth-order valence-electron chi connectivity index (χ4n) is 2.57. The Morgan fingerprint density at radius 1 is 1.24 bits per heavy atom. The predicted octanol–water partition coefficient (Wildman–Crippen LogP) is 1.45. The molecule has 1 aliphatic rings. The largest absolute Gasteiger partial charge is 0.341 e. The van der Waals surface area contributed by atoms with E-state index in [4.69, 9.17) is 0 Å². The Hall–Kier alpha value is -1.95. The zero-order chi connectivity index (χ0) is 14.5. The lowest BCUT2D eigenvalue weighted by Crippen LogP contribution is -2.30. The van der Waals surface area contributed by atoms with Gasteiger partial charge in [0.1, 0.15) is 0 Å². The Labute approximate surface area is 125 Å².